The summed E-state index contributed by atoms with van der Waals surface area (Å²) in [7, 11) is 1.27. The Balaban J connectivity index is 2.77. The van der Waals surface area contributed by atoms with Gasteiger partial charge >= 0.3 is 5.97 Å². The molecule has 0 atom stereocenters. The molecule has 0 saturated carbocycles. The largest absolute Gasteiger partial charge is 0.507 e. The van der Waals surface area contributed by atoms with Gasteiger partial charge in [-0.2, -0.15) is 0 Å². The highest BCUT2D eigenvalue weighted by molar-refractivity contribution is 6.39. The van der Waals surface area contributed by atoms with E-state index in [0.717, 1.165) is 0 Å². The fourth-order valence-electron chi connectivity index (χ4n) is 1.64. The van der Waals surface area contributed by atoms with Crippen molar-refractivity contribution in [3.8, 4) is 5.75 Å². The zero-order chi connectivity index (χ0) is 12.6. The molecule has 2 rings (SSSR count). The van der Waals surface area contributed by atoms with Gasteiger partial charge < -0.3 is 9.84 Å². The van der Waals surface area contributed by atoms with Gasteiger partial charge in [-0.1, -0.05) is 23.2 Å². The van der Waals surface area contributed by atoms with Crippen LogP contribution in [-0.2, 0) is 4.74 Å². The van der Waals surface area contributed by atoms with Crippen molar-refractivity contribution >= 4 is 39.9 Å². The van der Waals surface area contributed by atoms with E-state index in [9.17, 15) is 9.90 Å². The van der Waals surface area contributed by atoms with E-state index in [1.165, 1.54) is 19.2 Å². The topological polar surface area (TPSA) is 46.5 Å². The highest BCUT2D eigenvalue weighted by Gasteiger charge is 2.12. The van der Waals surface area contributed by atoms with Crippen LogP contribution in [0.15, 0.2) is 24.3 Å². The van der Waals surface area contributed by atoms with Crippen LogP contribution < -0.4 is 0 Å². The maximum absolute atomic E-state index is 11.4. The second-order valence-electron chi connectivity index (χ2n) is 3.47. The lowest BCUT2D eigenvalue weighted by Gasteiger charge is -2.07. The maximum Gasteiger partial charge on any atom is 0.338 e. The molecule has 2 aromatic rings. The molecule has 0 aromatic heterocycles. The molecule has 0 aliphatic rings. The van der Waals surface area contributed by atoms with Gasteiger partial charge in [0, 0.05) is 10.4 Å². The Morgan fingerprint density at radius 1 is 1.24 bits per heavy atom. The van der Waals surface area contributed by atoms with Crippen LogP contribution in [-0.4, -0.2) is 18.2 Å². The van der Waals surface area contributed by atoms with Crippen molar-refractivity contribution in [2.75, 3.05) is 7.11 Å². The molecule has 0 unspecified atom stereocenters. The third-order valence-corrected chi connectivity index (χ3v) is 2.88. The predicted octanol–water partition coefficient (Wildman–Crippen LogP) is 3.64. The summed E-state index contributed by atoms with van der Waals surface area (Å²) in [5.74, 6) is -0.608. The summed E-state index contributed by atoms with van der Waals surface area (Å²) in [5, 5.41) is 11.6. The minimum absolute atomic E-state index is 0.0791. The summed E-state index contributed by atoms with van der Waals surface area (Å²) in [5.41, 5.74) is 0.246. The lowest BCUT2D eigenvalue weighted by molar-refractivity contribution is 0.0600. The Hall–Kier alpha value is -1.45. The molecule has 0 aliphatic heterocycles. The Kier molecular flexibility index (Phi) is 3.13. The van der Waals surface area contributed by atoms with E-state index in [1.54, 1.807) is 12.1 Å². The number of aromatic hydroxyl groups is 1. The fraction of sp³-hybridized carbons (Fsp3) is 0.0833. The van der Waals surface area contributed by atoms with Crippen LogP contribution in [0.4, 0.5) is 0 Å². The van der Waals surface area contributed by atoms with E-state index in [2.05, 4.69) is 4.74 Å². The van der Waals surface area contributed by atoms with Gasteiger partial charge in [-0.3, -0.25) is 0 Å². The predicted molar refractivity (Wildman–Crippen MR) is 67.0 cm³/mol. The first-order chi connectivity index (χ1) is 8.02. The van der Waals surface area contributed by atoms with Crippen LogP contribution in [0, 0.1) is 0 Å². The zero-order valence-corrected chi connectivity index (χ0v) is 10.3. The van der Waals surface area contributed by atoms with Gasteiger partial charge in [0.05, 0.1) is 17.7 Å². The third-order valence-electron chi connectivity index (χ3n) is 2.37. The van der Waals surface area contributed by atoms with E-state index >= 15 is 0 Å². The van der Waals surface area contributed by atoms with Gasteiger partial charge in [-0.15, -0.1) is 0 Å². The normalized spacial score (nSPS) is 10.5. The Labute approximate surface area is 108 Å². The van der Waals surface area contributed by atoms with E-state index in [-0.39, 0.29) is 11.3 Å². The van der Waals surface area contributed by atoms with E-state index in [1.807, 2.05) is 0 Å². The second-order valence-corrected chi connectivity index (χ2v) is 4.32. The lowest BCUT2D eigenvalue weighted by Crippen LogP contribution is -2.00. The van der Waals surface area contributed by atoms with E-state index in [0.29, 0.717) is 20.8 Å². The number of hydrogen-bond acceptors (Lipinski definition) is 3. The van der Waals surface area contributed by atoms with Crippen molar-refractivity contribution in [3.63, 3.8) is 0 Å². The molecular formula is C12H8Cl2O3. The molecule has 0 heterocycles. The van der Waals surface area contributed by atoms with Crippen LogP contribution in [0.25, 0.3) is 10.8 Å². The quantitative estimate of drug-likeness (QED) is 0.805. The van der Waals surface area contributed by atoms with Gasteiger partial charge in [-0.25, -0.2) is 4.79 Å². The minimum atomic E-state index is -0.529. The van der Waals surface area contributed by atoms with Crippen LogP contribution in [0.5, 0.6) is 5.75 Å². The Morgan fingerprint density at radius 2 is 1.94 bits per heavy atom. The molecular weight excluding hydrogens is 263 g/mol. The van der Waals surface area contributed by atoms with Crippen molar-refractivity contribution in [1.82, 2.24) is 0 Å². The van der Waals surface area contributed by atoms with Crippen LogP contribution in [0.1, 0.15) is 10.4 Å². The number of methoxy groups -OCH3 is 1. The first-order valence-electron chi connectivity index (χ1n) is 4.73. The van der Waals surface area contributed by atoms with Crippen molar-refractivity contribution in [1.29, 1.82) is 0 Å². The standard InChI is InChI=1S/C12H8Cl2O3/c1-17-12(16)7-2-6-3-8(13)5-9(14)11(6)10(15)4-7/h2-5,15H,1H3. The van der Waals surface area contributed by atoms with Crippen molar-refractivity contribution in [2.45, 2.75) is 0 Å². The SMILES string of the molecule is COC(=O)c1cc(O)c2c(Cl)cc(Cl)cc2c1. The summed E-state index contributed by atoms with van der Waals surface area (Å²) in [6, 6.07) is 6.03. The molecule has 0 bridgehead atoms. The molecule has 0 aliphatic carbocycles. The van der Waals surface area contributed by atoms with Gasteiger partial charge in [0.2, 0.25) is 0 Å². The monoisotopic (exact) mass is 270 g/mol. The van der Waals surface area contributed by atoms with Gasteiger partial charge in [0.15, 0.2) is 0 Å². The number of carbonyl (C=O) groups is 1. The number of hydrogen-bond donors (Lipinski definition) is 1. The number of esters is 1. The number of phenolic OH excluding ortho intramolecular Hbond substituents is 1. The summed E-state index contributed by atoms with van der Waals surface area (Å²) >= 11 is 11.8. The van der Waals surface area contributed by atoms with E-state index < -0.39 is 5.97 Å². The molecule has 0 amide bonds. The van der Waals surface area contributed by atoms with Crippen molar-refractivity contribution < 1.29 is 14.6 Å². The molecule has 1 N–H and O–H groups in total. The van der Waals surface area contributed by atoms with Gasteiger partial charge in [0.1, 0.15) is 5.75 Å². The average molecular weight is 271 g/mol. The molecule has 0 saturated heterocycles. The first-order valence-corrected chi connectivity index (χ1v) is 5.48. The molecule has 0 fully saturated rings. The fourth-order valence-corrected chi connectivity index (χ4v) is 2.25. The number of ether oxygens (including phenoxy) is 1. The number of phenols is 1. The molecule has 5 heteroatoms. The Morgan fingerprint density at radius 3 is 2.59 bits per heavy atom. The van der Waals surface area contributed by atoms with Crippen molar-refractivity contribution in [2.24, 2.45) is 0 Å². The summed E-state index contributed by atoms with van der Waals surface area (Å²) in [6.07, 6.45) is 0. The number of benzene rings is 2. The van der Waals surface area contributed by atoms with Crippen LogP contribution in [0.2, 0.25) is 10.0 Å². The average Bonchev–Trinajstić information content (AvgIpc) is 2.26. The molecule has 3 nitrogen and oxygen atoms in total. The summed E-state index contributed by atoms with van der Waals surface area (Å²) < 4.78 is 4.58. The number of carbonyl (C=O) groups excluding carboxylic acids is 1. The van der Waals surface area contributed by atoms with Crippen LogP contribution in [0.3, 0.4) is 0 Å². The second kappa shape index (κ2) is 4.43. The molecule has 2 aromatic carbocycles. The first kappa shape index (κ1) is 12.0. The van der Waals surface area contributed by atoms with E-state index in [4.69, 9.17) is 23.2 Å². The molecule has 88 valence electrons. The Bertz CT molecular complexity index is 608. The maximum atomic E-state index is 11.4. The van der Waals surface area contributed by atoms with Crippen LogP contribution >= 0.6 is 23.2 Å². The molecule has 17 heavy (non-hydrogen) atoms. The van der Waals surface area contributed by atoms with Gasteiger partial charge in [-0.05, 0) is 29.7 Å². The zero-order valence-electron chi connectivity index (χ0n) is 8.83. The van der Waals surface area contributed by atoms with Crippen molar-refractivity contribution in [3.05, 3.63) is 39.9 Å². The number of fused-ring (bicyclic) bond motifs is 1. The number of halogens is 2. The highest BCUT2D eigenvalue weighted by atomic mass is 35.5. The third kappa shape index (κ3) is 2.16. The number of rotatable bonds is 1. The molecule has 0 spiro atoms. The highest BCUT2D eigenvalue weighted by Crippen LogP contribution is 2.35. The lowest BCUT2D eigenvalue weighted by atomic mass is 10.1. The van der Waals surface area contributed by atoms with Gasteiger partial charge in [0.25, 0.3) is 0 Å². The smallest absolute Gasteiger partial charge is 0.338 e. The summed E-state index contributed by atoms with van der Waals surface area (Å²) in [4.78, 5) is 11.4. The molecule has 0 radical (unpaired) electrons. The summed E-state index contributed by atoms with van der Waals surface area (Å²) in [6.45, 7) is 0. The minimum Gasteiger partial charge on any atom is -0.507 e.